The third-order valence-corrected chi connectivity index (χ3v) is 3.31. The number of ether oxygens (including phenoxy) is 2. The van der Waals surface area contributed by atoms with Gasteiger partial charge in [-0.2, -0.15) is 0 Å². The van der Waals surface area contributed by atoms with Crippen molar-refractivity contribution in [2.24, 2.45) is 5.41 Å². The zero-order valence-corrected chi connectivity index (χ0v) is 11.8. The molecule has 0 N–H and O–H groups in total. The van der Waals surface area contributed by atoms with E-state index in [1.165, 1.54) is 28.1 Å². The molecule has 0 unspecified atom stereocenters. The van der Waals surface area contributed by atoms with Crippen LogP contribution >= 0.6 is 0 Å². The number of esters is 2. The van der Waals surface area contributed by atoms with Gasteiger partial charge < -0.3 is 9.47 Å². The van der Waals surface area contributed by atoms with Gasteiger partial charge in [-0.1, -0.05) is 0 Å². The van der Waals surface area contributed by atoms with Crippen LogP contribution in [0.4, 0.5) is 0 Å². The van der Waals surface area contributed by atoms with E-state index >= 15 is 0 Å². The van der Waals surface area contributed by atoms with Gasteiger partial charge in [0.15, 0.2) is 0 Å². The first-order chi connectivity index (χ1) is 8.80. The number of methoxy groups -OCH3 is 2. The molecule has 6 nitrogen and oxygen atoms in total. The number of carbonyl (C=O) groups excluding carboxylic acids is 4. The SMILES string of the molecule is COC(=O)CCC(CCC(=O)OC)(C(C)=O)C(C)=O. The van der Waals surface area contributed by atoms with Crippen molar-refractivity contribution in [1.29, 1.82) is 0 Å². The fourth-order valence-electron chi connectivity index (χ4n) is 1.91. The van der Waals surface area contributed by atoms with E-state index in [1.54, 1.807) is 0 Å². The highest BCUT2D eigenvalue weighted by Gasteiger charge is 2.40. The summed E-state index contributed by atoms with van der Waals surface area (Å²) < 4.78 is 9.00. The van der Waals surface area contributed by atoms with Crippen LogP contribution in [0, 0.1) is 5.41 Å². The molecule has 0 aromatic rings. The summed E-state index contributed by atoms with van der Waals surface area (Å²) in [6.07, 6.45) is -0.00364. The monoisotopic (exact) mass is 272 g/mol. The van der Waals surface area contributed by atoms with Crippen LogP contribution in [-0.4, -0.2) is 37.7 Å². The number of ketones is 2. The van der Waals surface area contributed by atoms with E-state index in [-0.39, 0.29) is 37.2 Å². The summed E-state index contributed by atoms with van der Waals surface area (Å²) in [7, 11) is 2.47. The lowest BCUT2D eigenvalue weighted by Gasteiger charge is -2.27. The van der Waals surface area contributed by atoms with Crippen molar-refractivity contribution in [3.63, 3.8) is 0 Å². The second kappa shape index (κ2) is 7.66. The van der Waals surface area contributed by atoms with Crippen LogP contribution < -0.4 is 0 Å². The largest absolute Gasteiger partial charge is 0.469 e. The van der Waals surface area contributed by atoms with Gasteiger partial charge in [0.1, 0.15) is 11.6 Å². The highest BCUT2D eigenvalue weighted by atomic mass is 16.5. The second-order valence-electron chi connectivity index (χ2n) is 4.35. The Bertz CT molecular complexity index is 335. The van der Waals surface area contributed by atoms with E-state index in [9.17, 15) is 19.2 Å². The Morgan fingerprint density at radius 3 is 1.32 bits per heavy atom. The Morgan fingerprint density at radius 1 is 0.789 bits per heavy atom. The van der Waals surface area contributed by atoms with Crippen LogP contribution in [-0.2, 0) is 28.7 Å². The van der Waals surface area contributed by atoms with Crippen molar-refractivity contribution in [3.05, 3.63) is 0 Å². The predicted molar refractivity (Wildman–Crippen MR) is 66.3 cm³/mol. The highest BCUT2D eigenvalue weighted by Crippen LogP contribution is 2.32. The van der Waals surface area contributed by atoms with Gasteiger partial charge in [-0.15, -0.1) is 0 Å². The molecular weight excluding hydrogens is 252 g/mol. The number of hydrogen-bond acceptors (Lipinski definition) is 6. The molecular formula is C13H20O6. The van der Waals surface area contributed by atoms with Crippen molar-refractivity contribution < 1.29 is 28.7 Å². The molecule has 0 rings (SSSR count). The molecule has 0 saturated heterocycles. The van der Waals surface area contributed by atoms with Gasteiger partial charge in [-0.25, -0.2) is 0 Å². The van der Waals surface area contributed by atoms with Gasteiger partial charge in [0.2, 0.25) is 0 Å². The Morgan fingerprint density at radius 2 is 1.11 bits per heavy atom. The zero-order valence-electron chi connectivity index (χ0n) is 11.8. The van der Waals surface area contributed by atoms with Crippen molar-refractivity contribution in [2.75, 3.05) is 14.2 Å². The minimum Gasteiger partial charge on any atom is -0.469 e. The minimum atomic E-state index is -1.32. The first-order valence-electron chi connectivity index (χ1n) is 5.96. The second-order valence-corrected chi connectivity index (χ2v) is 4.35. The first kappa shape index (κ1) is 17.3. The molecule has 0 radical (unpaired) electrons. The fraction of sp³-hybridized carbons (Fsp3) is 0.692. The predicted octanol–water partition coefficient (Wildman–Crippen LogP) is 1.06. The molecule has 0 aromatic carbocycles. The normalized spacial score (nSPS) is 10.7. The topological polar surface area (TPSA) is 86.7 Å². The van der Waals surface area contributed by atoms with Gasteiger partial charge >= 0.3 is 11.9 Å². The summed E-state index contributed by atoms with van der Waals surface area (Å²) in [6.45, 7) is 2.58. The number of carbonyl (C=O) groups is 4. The molecule has 0 heterocycles. The molecule has 0 spiro atoms. The molecule has 0 saturated carbocycles. The van der Waals surface area contributed by atoms with Gasteiger partial charge in [0.05, 0.1) is 19.6 Å². The third-order valence-electron chi connectivity index (χ3n) is 3.31. The molecule has 0 aliphatic rings. The molecule has 6 heteroatoms. The fourth-order valence-corrected chi connectivity index (χ4v) is 1.91. The Kier molecular flexibility index (Phi) is 6.96. The summed E-state index contributed by atoms with van der Waals surface area (Å²) in [5, 5.41) is 0. The van der Waals surface area contributed by atoms with Gasteiger partial charge in [0, 0.05) is 12.8 Å². The maximum atomic E-state index is 11.8. The standard InChI is InChI=1S/C13H20O6/c1-9(14)13(10(2)15,7-5-11(16)18-3)8-6-12(17)19-4/h5-8H2,1-4H3. The summed E-state index contributed by atoms with van der Waals surface area (Å²) in [5.74, 6) is -1.70. The van der Waals surface area contributed by atoms with Crippen LogP contribution in [0.2, 0.25) is 0 Å². The molecule has 0 fully saturated rings. The molecule has 0 bridgehead atoms. The first-order valence-corrected chi connectivity index (χ1v) is 5.96. The van der Waals surface area contributed by atoms with E-state index < -0.39 is 17.4 Å². The van der Waals surface area contributed by atoms with E-state index in [0.717, 1.165) is 0 Å². The number of Topliss-reactive ketones (excluding diaryl/α,β-unsaturated/α-hetero) is 2. The van der Waals surface area contributed by atoms with Crippen LogP contribution in [0.5, 0.6) is 0 Å². The molecule has 0 aliphatic heterocycles. The van der Waals surface area contributed by atoms with Crippen molar-refractivity contribution in [2.45, 2.75) is 39.5 Å². The van der Waals surface area contributed by atoms with E-state index in [1.807, 2.05) is 0 Å². The smallest absolute Gasteiger partial charge is 0.305 e. The lowest BCUT2D eigenvalue weighted by Crippen LogP contribution is -2.38. The molecule has 108 valence electrons. The molecule has 0 amide bonds. The Hall–Kier alpha value is -1.72. The van der Waals surface area contributed by atoms with Crippen LogP contribution in [0.25, 0.3) is 0 Å². The van der Waals surface area contributed by atoms with E-state index in [2.05, 4.69) is 9.47 Å². The zero-order chi connectivity index (χ0) is 15.1. The average Bonchev–Trinajstić information content (AvgIpc) is 2.37. The lowest BCUT2D eigenvalue weighted by atomic mass is 9.73. The Balaban J connectivity index is 4.98. The maximum absolute atomic E-state index is 11.8. The Labute approximate surface area is 112 Å². The molecule has 0 aromatic heterocycles. The van der Waals surface area contributed by atoms with Crippen LogP contribution in [0.1, 0.15) is 39.5 Å². The van der Waals surface area contributed by atoms with Gasteiger partial charge in [-0.3, -0.25) is 19.2 Å². The third kappa shape index (κ3) is 4.81. The van der Waals surface area contributed by atoms with Crippen molar-refractivity contribution >= 4 is 23.5 Å². The summed E-state index contributed by atoms with van der Waals surface area (Å²) in [6, 6.07) is 0. The lowest BCUT2D eigenvalue weighted by molar-refractivity contribution is -0.145. The van der Waals surface area contributed by atoms with E-state index in [4.69, 9.17) is 0 Å². The van der Waals surface area contributed by atoms with E-state index in [0.29, 0.717) is 0 Å². The minimum absolute atomic E-state index is 0.0430. The van der Waals surface area contributed by atoms with Crippen LogP contribution in [0.15, 0.2) is 0 Å². The van der Waals surface area contributed by atoms with Crippen molar-refractivity contribution in [1.82, 2.24) is 0 Å². The van der Waals surface area contributed by atoms with Crippen LogP contribution in [0.3, 0.4) is 0 Å². The van der Waals surface area contributed by atoms with Gasteiger partial charge in [0.25, 0.3) is 0 Å². The quantitative estimate of drug-likeness (QED) is 0.485. The summed E-state index contributed by atoms with van der Waals surface area (Å²) in [5.41, 5.74) is -1.32. The maximum Gasteiger partial charge on any atom is 0.305 e. The van der Waals surface area contributed by atoms with Crippen molar-refractivity contribution in [3.8, 4) is 0 Å². The van der Waals surface area contributed by atoms with Gasteiger partial charge in [-0.05, 0) is 26.7 Å². The summed E-state index contributed by atoms with van der Waals surface area (Å²) in [4.78, 5) is 45.9. The molecule has 0 aliphatic carbocycles. The average molecular weight is 272 g/mol. The highest BCUT2D eigenvalue weighted by molar-refractivity contribution is 6.05. The molecule has 0 atom stereocenters. The number of hydrogen-bond donors (Lipinski definition) is 0. The molecule has 19 heavy (non-hydrogen) atoms. The summed E-state index contributed by atoms with van der Waals surface area (Å²) >= 11 is 0. The number of rotatable bonds is 8.